The van der Waals surface area contributed by atoms with Crippen molar-refractivity contribution < 1.29 is 30.0 Å². The smallest absolute Gasteiger partial charge is 0.378 e. The molecule has 0 bridgehead atoms. The average Bonchev–Trinajstić information content (AvgIpc) is 2.30. The molecule has 74 valence electrons. The molecule has 0 aromatic carbocycles. The fourth-order valence-electron chi connectivity index (χ4n) is 1.02. The molecule has 0 radical (unpaired) electrons. The van der Waals surface area contributed by atoms with Crippen molar-refractivity contribution in [3.63, 3.8) is 0 Å². The average molecular weight is 190 g/mol. The lowest BCUT2D eigenvalue weighted by molar-refractivity contribution is -0.160. The summed E-state index contributed by atoms with van der Waals surface area (Å²) >= 11 is 0. The molecule has 0 aliphatic carbocycles. The van der Waals surface area contributed by atoms with Crippen LogP contribution in [-0.2, 0) is 9.53 Å². The molecule has 1 rings (SSSR count). The van der Waals surface area contributed by atoms with Gasteiger partial charge >= 0.3 is 5.97 Å². The molecule has 1 aliphatic rings. The van der Waals surface area contributed by atoms with Gasteiger partial charge in [-0.15, -0.1) is 0 Å². The zero-order chi connectivity index (χ0) is 10.2. The highest BCUT2D eigenvalue weighted by atomic mass is 16.6. The van der Waals surface area contributed by atoms with Crippen molar-refractivity contribution in [2.24, 2.45) is 0 Å². The Morgan fingerprint density at radius 3 is 2.38 bits per heavy atom. The van der Waals surface area contributed by atoms with Crippen LogP contribution in [0, 0.1) is 0 Å². The van der Waals surface area contributed by atoms with Gasteiger partial charge in [0.2, 0.25) is 5.76 Å². The van der Waals surface area contributed by atoms with Gasteiger partial charge in [0.25, 0.3) is 0 Å². The quantitative estimate of drug-likeness (QED) is 0.415. The number of rotatable bonds is 2. The summed E-state index contributed by atoms with van der Waals surface area (Å²) in [5.74, 6) is -2.82. The van der Waals surface area contributed by atoms with Crippen LogP contribution in [0.15, 0.2) is 11.5 Å². The van der Waals surface area contributed by atoms with Gasteiger partial charge in [-0.3, -0.25) is 0 Å². The van der Waals surface area contributed by atoms with E-state index in [9.17, 15) is 15.0 Å². The summed E-state index contributed by atoms with van der Waals surface area (Å²) in [7, 11) is 0. The normalized spacial score (nSPS) is 30.5. The molecule has 6 nitrogen and oxygen atoms in total. The van der Waals surface area contributed by atoms with Gasteiger partial charge in [0.1, 0.15) is 6.10 Å². The second kappa shape index (κ2) is 2.90. The van der Waals surface area contributed by atoms with Gasteiger partial charge in [-0.1, -0.05) is 0 Å². The Bertz CT molecular complexity index is 270. The Labute approximate surface area is 73.7 Å². The first-order chi connectivity index (χ1) is 5.93. The van der Waals surface area contributed by atoms with Crippen molar-refractivity contribution in [1.82, 2.24) is 0 Å². The summed E-state index contributed by atoms with van der Waals surface area (Å²) < 4.78 is 4.50. The fourth-order valence-corrected chi connectivity index (χ4v) is 1.02. The van der Waals surface area contributed by atoms with Crippen LogP contribution in [0.25, 0.3) is 0 Å². The number of ether oxygens (including phenoxy) is 1. The van der Waals surface area contributed by atoms with E-state index in [1.54, 1.807) is 0 Å². The second-order valence-electron chi connectivity index (χ2n) is 2.89. The molecule has 0 spiro atoms. The first-order valence-electron chi connectivity index (χ1n) is 3.58. The largest absolute Gasteiger partial charge is 0.505 e. The van der Waals surface area contributed by atoms with E-state index in [4.69, 9.17) is 10.2 Å². The number of hydrogen-bond donors (Lipinski definition) is 4. The van der Waals surface area contributed by atoms with Gasteiger partial charge in [0, 0.05) is 0 Å². The number of hydrogen-bond acceptors (Lipinski definition) is 6. The minimum absolute atomic E-state index is 0.693. The number of aliphatic hydroxyl groups is 4. The maximum absolute atomic E-state index is 10.7. The van der Waals surface area contributed by atoms with Crippen LogP contribution < -0.4 is 0 Å². The zero-order valence-corrected chi connectivity index (χ0v) is 6.89. The molecule has 0 aromatic rings. The highest BCUT2D eigenvalue weighted by molar-refractivity contribution is 5.89. The summed E-state index contributed by atoms with van der Waals surface area (Å²) in [6.45, 7) is 0.492. The van der Waals surface area contributed by atoms with E-state index in [0.717, 1.165) is 0 Å². The van der Waals surface area contributed by atoms with Crippen LogP contribution in [0.1, 0.15) is 6.92 Å². The predicted molar refractivity (Wildman–Crippen MR) is 39.9 cm³/mol. The minimum Gasteiger partial charge on any atom is -0.505 e. The molecule has 13 heavy (non-hydrogen) atoms. The van der Waals surface area contributed by atoms with Gasteiger partial charge in [0.15, 0.2) is 11.4 Å². The van der Waals surface area contributed by atoms with E-state index in [-0.39, 0.29) is 0 Å². The number of cyclic esters (lactones) is 1. The molecule has 0 saturated carbocycles. The minimum atomic E-state index is -1.75. The van der Waals surface area contributed by atoms with Crippen molar-refractivity contribution in [3.8, 4) is 0 Å². The molecule has 6 heteroatoms. The highest BCUT2D eigenvalue weighted by Gasteiger charge is 2.50. The van der Waals surface area contributed by atoms with Gasteiger partial charge in [-0.05, 0) is 6.92 Å². The van der Waals surface area contributed by atoms with Crippen molar-refractivity contribution in [2.45, 2.75) is 18.6 Å². The van der Waals surface area contributed by atoms with Crippen LogP contribution in [0.5, 0.6) is 0 Å². The zero-order valence-electron chi connectivity index (χ0n) is 6.89. The monoisotopic (exact) mass is 190 g/mol. The third kappa shape index (κ3) is 1.24. The molecular weight excluding hydrogens is 180 g/mol. The predicted octanol–water partition coefficient (Wildman–Crippen LogP) is -1.02. The Balaban J connectivity index is 3.03. The second-order valence-corrected chi connectivity index (χ2v) is 2.89. The van der Waals surface area contributed by atoms with Gasteiger partial charge in [-0.25, -0.2) is 4.79 Å². The summed E-state index contributed by atoms with van der Waals surface area (Å²) in [5, 5.41) is 35.9. The fraction of sp³-hybridized carbons (Fsp3) is 0.571. The molecule has 0 amide bonds. The molecule has 4 N–H and O–H groups in total. The Kier molecular flexibility index (Phi) is 2.19. The maximum atomic E-state index is 10.7. The van der Waals surface area contributed by atoms with Gasteiger partial charge < -0.3 is 25.2 Å². The van der Waals surface area contributed by atoms with Crippen LogP contribution >= 0.6 is 0 Å². The van der Waals surface area contributed by atoms with Crippen LogP contribution in [0.3, 0.4) is 0 Å². The summed E-state index contributed by atoms with van der Waals surface area (Å²) in [4.78, 5) is 10.7. The number of carbonyl (C=O) groups is 1. The molecular formula is C7H10O6. The van der Waals surface area contributed by atoms with E-state index in [1.807, 2.05) is 0 Å². The van der Waals surface area contributed by atoms with E-state index in [0.29, 0.717) is 0 Å². The van der Waals surface area contributed by atoms with Crippen molar-refractivity contribution in [3.05, 3.63) is 11.5 Å². The number of carbonyl (C=O) groups excluding carboxylic acids is 1. The molecule has 1 aliphatic heterocycles. The van der Waals surface area contributed by atoms with Crippen molar-refractivity contribution in [1.29, 1.82) is 0 Å². The summed E-state index contributed by atoms with van der Waals surface area (Å²) in [6.07, 6.45) is -1.47. The molecule has 0 saturated heterocycles. The maximum Gasteiger partial charge on any atom is 0.378 e. The highest BCUT2D eigenvalue weighted by Crippen LogP contribution is 2.32. The molecule has 0 fully saturated rings. The van der Waals surface area contributed by atoms with Crippen molar-refractivity contribution in [2.75, 3.05) is 6.61 Å². The number of esters is 1. The third-order valence-electron chi connectivity index (χ3n) is 2.00. The van der Waals surface area contributed by atoms with E-state index in [1.165, 1.54) is 6.92 Å². The molecule has 1 heterocycles. The Morgan fingerprint density at radius 2 is 2.08 bits per heavy atom. The topological polar surface area (TPSA) is 107 Å². The molecule has 0 aromatic heterocycles. The van der Waals surface area contributed by atoms with Crippen LogP contribution in [0.2, 0.25) is 0 Å². The molecule has 2 atom stereocenters. The Morgan fingerprint density at radius 1 is 1.54 bits per heavy atom. The third-order valence-corrected chi connectivity index (χ3v) is 2.00. The summed E-state index contributed by atoms with van der Waals surface area (Å²) in [5.41, 5.74) is -1.75. The summed E-state index contributed by atoms with van der Waals surface area (Å²) in [6, 6.07) is 0. The van der Waals surface area contributed by atoms with E-state index >= 15 is 0 Å². The van der Waals surface area contributed by atoms with Crippen molar-refractivity contribution >= 4 is 5.97 Å². The Hall–Kier alpha value is -1.27. The lowest BCUT2D eigenvalue weighted by atomic mass is 9.98. The van der Waals surface area contributed by atoms with Crippen LogP contribution in [0.4, 0.5) is 0 Å². The lowest BCUT2D eigenvalue weighted by Gasteiger charge is -2.26. The SMILES string of the molecule is C[C@]1(C(O)CO)OC(=O)C(O)=C1O. The van der Waals surface area contributed by atoms with Crippen LogP contribution in [-0.4, -0.2) is 44.7 Å². The number of aliphatic hydroxyl groups excluding tert-OH is 4. The van der Waals surface area contributed by atoms with E-state index in [2.05, 4.69) is 4.74 Å². The first-order valence-corrected chi connectivity index (χ1v) is 3.58. The van der Waals surface area contributed by atoms with Gasteiger partial charge in [0.05, 0.1) is 6.61 Å². The standard InChI is InChI=1S/C7H10O6/c1-7(3(9)2-8)5(11)4(10)6(12)13-7/h3,8-11H,2H2,1H3/t3?,7-/m1/s1. The first kappa shape index (κ1) is 9.82. The van der Waals surface area contributed by atoms with Gasteiger partial charge in [-0.2, -0.15) is 0 Å². The molecule has 1 unspecified atom stereocenters. The lowest BCUT2D eigenvalue weighted by Crippen LogP contribution is -2.44. The van der Waals surface area contributed by atoms with E-state index < -0.39 is 35.8 Å².